The summed E-state index contributed by atoms with van der Waals surface area (Å²) in [7, 11) is -7.56. The van der Waals surface area contributed by atoms with Crippen molar-refractivity contribution in [3.8, 4) is 0 Å². The maximum absolute atomic E-state index is 11.6. The summed E-state index contributed by atoms with van der Waals surface area (Å²) in [5, 5.41) is 2.86. The van der Waals surface area contributed by atoms with Gasteiger partial charge in [0.1, 0.15) is 0 Å². The lowest BCUT2D eigenvalue weighted by Gasteiger charge is -2.23. The third kappa shape index (κ3) is 1.90. The average Bonchev–Trinajstić information content (AvgIpc) is 2.26. The van der Waals surface area contributed by atoms with E-state index in [-0.39, 0.29) is 0 Å². The van der Waals surface area contributed by atoms with E-state index in [0.717, 1.165) is 14.0 Å². The first-order valence-electron chi connectivity index (χ1n) is 4.07. The van der Waals surface area contributed by atoms with Crippen LogP contribution in [-0.2, 0) is 24.5 Å². The number of carbonyl (C=O) groups is 1. The SMILES string of the molecule is C=CS(=O)(=O)C(C)(C(=O)NC)S(=O)(=O)C=C. The van der Waals surface area contributed by atoms with Crippen LogP contribution in [0.15, 0.2) is 24.0 Å². The van der Waals surface area contributed by atoms with Gasteiger partial charge in [-0.25, -0.2) is 16.8 Å². The third-order valence-corrected chi connectivity index (χ3v) is 6.98. The van der Waals surface area contributed by atoms with Gasteiger partial charge < -0.3 is 5.32 Å². The summed E-state index contributed by atoms with van der Waals surface area (Å²) in [6.45, 7) is 6.78. The van der Waals surface area contributed by atoms with Gasteiger partial charge >= 0.3 is 0 Å². The van der Waals surface area contributed by atoms with Gasteiger partial charge in [0.2, 0.25) is 0 Å². The van der Waals surface area contributed by atoms with E-state index in [4.69, 9.17) is 0 Å². The first-order chi connectivity index (χ1) is 7.10. The second-order valence-electron chi connectivity index (χ2n) is 2.95. The molecular formula is C8H13NO5S2. The summed E-state index contributed by atoms with van der Waals surface area (Å²) < 4.78 is 43.8. The molecule has 0 aliphatic heterocycles. The molecule has 0 aliphatic rings. The largest absolute Gasteiger partial charge is 0.357 e. The summed E-state index contributed by atoms with van der Waals surface area (Å²) >= 11 is 0. The average molecular weight is 267 g/mol. The molecule has 0 saturated carbocycles. The number of nitrogens with one attached hydrogen (secondary N) is 1. The van der Waals surface area contributed by atoms with Gasteiger partial charge in [-0.3, -0.25) is 4.79 Å². The molecule has 6 nitrogen and oxygen atoms in total. The Hall–Kier alpha value is -1.15. The first kappa shape index (κ1) is 14.8. The second kappa shape index (κ2) is 4.38. The molecule has 0 aliphatic carbocycles. The number of rotatable bonds is 5. The second-order valence-corrected chi connectivity index (χ2v) is 7.69. The van der Waals surface area contributed by atoms with Gasteiger partial charge in [-0.1, -0.05) is 13.2 Å². The topological polar surface area (TPSA) is 97.4 Å². The van der Waals surface area contributed by atoms with Crippen LogP contribution in [-0.4, -0.2) is 33.9 Å². The minimum absolute atomic E-state index is 0.434. The van der Waals surface area contributed by atoms with Crippen molar-refractivity contribution >= 4 is 25.6 Å². The molecular weight excluding hydrogens is 254 g/mol. The van der Waals surface area contributed by atoms with Crippen LogP contribution in [0.3, 0.4) is 0 Å². The van der Waals surface area contributed by atoms with Gasteiger partial charge in [0, 0.05) is 17.9 Å². The fourth-order valence-electron chi connectivity index (χ4n) is 0.965. The fourth-order valence-corrected chi connectivity index (χ4v) is 4.03. The summed E-state index contributed by atoms with van der Waals surface area (Å²) in [5.41, 5.74) is 0. The van der Waals surface area contributed by atoms with Crippen molar-refractivity contribution in [1.29, 1.82) is 0 Å². The van der Waals surface area contributed by atoms with Crippen LogP contribution in [0.4, 0.5) is 0 Å². The predicted octanol–water partition coefficient (Wildman–Crippen LogP) is -0.435. The number of amides is 1. The van der Waals surface area contributed by atoms with Crippen molar-refractivity contribution in [2.24, 2.45) is 0 Å². The van der Waals surface area contributed by atoms with Gasteiger partial charge in [-0.15, -0.1) is 0 Å². The molecule has 16 heavy (non-hydrogen) atoms. The van der Waals surface area contributed by atoms with E-state index in [0.29, 0.717) is 10.8 Å². The fraction of sp³-hybridized carbons (Fsp3) is 0.375. The molecule has 1 N–H and O–H groups in total. The van der Waals surface area contributed by atoms with Crippen molar-refractivity contribution in [2.75, 3.05) is 7.05 Å². The van der Waals surface area contributed by atoms with Crippen LogP contribution in [0.1, 0.15) is 6.92 Å². The highest BCUT2D eigenvalue weighted by Crippen LogP contribution is 2.27. The van der Waals surface area contributed by atoms with Crippen LogP contribution in [0.2, 0.25) is 0 Å². The van der Waals surface area contributed by atoms with Crippen LogP contribution in [0.25, 0.3) is 0 Å². The van der Waals surface area contributed by atoms with E-state index in [1.165, 1.54) is 0 Å². The Kier molecular flexibility index (Phi) is 4.07. The van der Waals surface area contributed by atoms with E-state index in [2.05, 4.69) is 13.2 Å². The summed E-state index contributed by atoms with van der Waals surface area (Å²) in [5.74, 6) is -1.16. The Morgan fingerprint density at radius 3 is 1.62 bits per heavy atom. The monoisotopic (exact) mass is 267 g/mol. The number of carbonyl (C=O) groups excluding carboxylic acids is 1. The van der Waals surface area contributed by atoms with Gasteiger partial charge in [0.25, 0.3) is 9.99 Å². The highest BCUT2D eigenvalue weighted by Gasteiger charge is 2.54. The normalized spacial score (nSPS) is 12.9. The van der Waals surface area contributed by atoms with Crippen molar-refractivity contribution in [3.05, 3.63) is 24.0 Å². The minimum Gasteiger partial charge on any atom is -0.357 e. The zero-order valence-electron chi connectivity index (χ0n) is 8.93. The quantitative estimate of drug-likeness (QED) is 0.728. The Morgan fingerprint density at radius 2 is 1.44 bits per heavy atom. The lowest BCUT2D eigenvalue weighted by Crippen LogP contribution is -2.53. The maximum Gasteiger partial charge on any atom is 0.257 e. The number of hydrogen-bond acceptors (Lipinski definition) is 5. The lowest BCUT2D eigenvalue weighted by molar-refractivity contribution is -0.120. The van der Waals surface area contributed by atoms with E-state index >= 15 is 0 Å². The van der Waals surface area contributed by atoms with Crippen LogP contribution in [0, 0.1) is 0 Å². The Bertz CT molecular complexity index is 477. The maximum atomic E-state index is 11.6. The molecule has 0 aromatic rings. The van der Waals surface area contributed by atoms with E-state index in [1.54, 1.807) is 0 Å². The molecule has 0 saturated heterocycles. The van der Waals surface area contributed by atoms with E-state index < -0.39 is 29.7 Å². The summed E-state index contributed by atoms with van der Waals surface area (Å²) in [6, 6.07) is 0. The molecule has 0 rings (SSSR count). The van der Waals surface area contributed by atoms with Crippen molar-refractivity contribution < 1.29 is 21.6 Å². The molecule has 0 aromatic carbocycles. The molecule has 92 valence electrons. The molecule has 0 heterocycles. The Morgan fingerprint density at radius 1 is 1.12 bits per heavy atom. The zero-order valence-corrected chi connectivity index (χ0v) is 10.6. The molecule has 0 radical (unpaired) electrons. The van der Waals surface area contributed by atoms with Crippen LogP contribution in [0.5, 0.6) is 0 Å². The van der Waals surface area contributed by atoms with Crippen molar-refractivity contribution in [2.45, 2.75) is 11.0 Å². The summed E-state index contributed by atoms with van der Waals surface area (Å²) in [4.78, 5) is 11.5. The van der Waals surface area contributed by atoms with Crippen molar-refractivity contribution in [3.63, 3.8) is 0 Å². The molecule has 0 aromatic heterocycles. The van der Waals surface area contributed by atoms with Gasteiger partial charge in [-0.05, 0) is 6.92 Å². The smallest absolute Gasteiger partial charge is 0.257 e. The van der Waals surface area contributed by atoms with E-state index in [9.17, 15) is 21.6 Å². The highest BCUT2D eigenvalue weighted by molar-refractivity contribution is 8.14. The molecule has 0 fully saturated rings. The van der Waals surface area contributed by atoms with Gasteiger partial charge in [-0.2, -0.15) is 0 Å². The zero-order chi connectivity index (χ0) is 13.2. The number of sulfone groups is 2. The van der Waals surface area contributed by atoms with Crippen LogP contribution < -0.4 is 5.32 Å². The molecule has 0 atom stereocenters. The van der Waals surface area contributed by atoms with E-state index in [1.807, 2.05) is 5.32 Å². The van der Waals surface area contributed by atoms with Gasteiger partial charge in [0.15, 0.2) is 19.7 Å². The van der Waals surface area contributed by atoms with Crippen LogP contribution >= 0.6 is 0 Å². The predicted molar refractivity (Wildman–Crippen MR) is 60.7 cm³/mol. The minimum atomic E-state index is -4.35. The molecule has 0 bridgehead atoms. The number of hydrogen-bond donors (Lipinski definition) is 1. The first-order valence-corrected chi connectivity index (χ1v) is 7.16. The molecule has 1 amide bonds. The standard InChI is InChI=1S/C8H13NO5S2/c1-5-15(11,12)8(3,7(10)9-4)16(13,14)6-2/h5-6H,1-2H2,3-4H3,(H,9,10). The Balaban J connectivity index is 6.30. The Labute approximate surface area is 94.9 Å². The lowest BCUT2D eigenvalue weighted by atomic mass is 10.4. The molecule has 8 heteroatoms. The van der Waals surface area contributed by atoms with Crippen molar-refractivity contribution in [1.82, 2.24) is 5.32 Å². The third-order valence-electron chi connectivity index (χ3n) is 2.16. The molecule has 0 spiro atoms. The highest BCUT2D eigenvalue weighted by atomic mass is 32.3. The molecule has 0 unspecified atom stereocenters. The van der Waals surface area contributed by atoms with Gasteiger partial charge in [0.05, 0.1) is 0 Å². The summed E-state index contributed by atoms with van der Waals surface area (Å²) in [6.07, 6.45) is 0.